The van der Waals surface area contributed by atoms with Gasteiger partial charge in [0.2, 0.25) is 0 Å². The molecule has 1 saturated carbocycles. The van der Waals surface area contributed by atoms with E-state index in [1.807, 2.05) is 65.6 Å². The summed E-state index contributed by atoms with van der Waals surface area (Å²) in [5.41, 5.74) is 2.39. The number of nitrogens with zero attached hydrogens (tertiary/aromatic N) is 3. The van der Waals surface area contributed by atoms with E-state index in [-0.39, 0.29) is 18.0 Å². The third kappa shape index (κ3) is 6.00. The Morgan fingerprint density at radius 1 is 1.07 bits per heavy atom. The highest BCUT2D eigenvalue weighted by Gasteiger charge is 2.42. The summed E-state index contributed by atoms with van der Waals surface area (Å²) >= 11 is 0. The van der Waals surface area contributed by atoms with Gasteiger partial charge in [-0.05, 0) is 37.0 Å². The molecule has 1 aliphatic heterocycles. The summed E-state index contributed by atoms with van der Waals surface area (Å²) in [6.07, 6.45) is 7.68. The molecule has 2 fully saturated rings. The number of piperazine rings is 1. The van der Waals surface area contributed by atoms with E-state index < -0.39 is 5.60 Å². The van der Waals surface area contributed by atoms with Crippen molar-refractivity contribution < 1.29 is 14.3 Å². The van der Waals surface area contributed by atoms with Gasteiger partial charge in [0.05, 0.1) is 36.5 Å². The van der Waals surface area contributed by atoms with Crippen molar-refractivity contribution in [3.8, 4) is 11.3 Å². The molecule has 8 heteroatoms. The van der Waals surface area contributed by atoms with Crippen LogP contribution in [0.2, 0.25) is 0 Å². The Labute approximate surface area is 241 Å². The Balaban J connectivity index is 1.32. The van der Waals surface area contributed by atoms with Crippen molar-refractivity contribution in [2.75, 3.05) is 26.2 Å². The summed E-state index contributed by atoms with van der Waals surface area (Å²) in [6, 6.07) is 24.0. The molecule has 0 radical (unpaired) electrons. The van der Waals surface area contributed by atoms with Crippen LogP contribution in [0.5, 0.6) is 0 Å². The van der Waals surface area contributed by atoms with Crippen LogP contribution in [0.15, 0.2) is 89.8 Å². The quantitative estimate of drug-likeness (QED) is 0.284. The second-order valence-electron chi connectivity index (χ2n) is 11.3. The molecular formula is C33H39N5O3. The molecule has 2 aromatic carbocycles. The minimum absolute atomic E-state index is 0.0323. The number of nitrogens with one attached hydrogen (secondary N) is 2. The van der Waals surface area contributed by atoms with Crippen LogP contribution < -0.4 is 10.6 Å². The molecule has 6 rings (SSSR count). The molecule has 3 atom stereocenters. The predicted molar refractivity (Wildman–Crippen MR) is 158 cm³/mol. The molecule has 214 valence electrons. The first-order valence-electron chi connectivity index (χ1n) is 14.8. The summed E-state index contributed by atoms with van der Waals surface area (Å²) in [4.78, 5) is 21.1. The van der Waals surface area contributed by atoms with Crippen molar-refractivity contribution in [2.45, 2.75) is 56.3 Å². The maximum atomic E-state index is 14.3. The minimum Gasteiger partial charge on any atom is -0.468 e. The van der Waals surface area contributed by atoms with Crippen LogP contribution in [0, 0.1) is 0 Å². The zero-order valence-corrected chi connectivity index (χ0v) is 23.4. The molecule has 0 spiro atoms. The number of rotatable bonds is 9. The Kier molecular flexibility index (Phi) is 8.32. The number of furan rings is 1. The second-order valence-corrected chi connectivity index (χ2v) is 11.3. The van der Waals surface area contributed by atoms with E-state index in [0.717, 1.165) is 55.8 Å². The van der Waals surface area contributed by atoms with Gasteiger partial charge in [0.25, 0.3) is 5.91 Å². The van der Waals surface area contributed by atoms with Gasteiger partial charge in [0, 0.05) is 37.8 Å². The Hall–Kier alpha value is -3.72. The van der Waals surface area contributed by atoms with Gasteiger partial charge in [0.1, 0.15) is 5.76 Å². The molecule has 2 aliphatic rings. The lowest BCUT2D eigenvalue weighted by atomic mass is 9.79. The van der Waals surface area contributed by atoms with Gasteiger partial charge in [0.15, 0.2) is 5.69 Å². The van der Waals surface area contributed by atoms with Gasteiger partial charge in [-0.2, -0.15) is 0 Å². The van der Waals surface area contributed by atoms with E-state index >= 15 is 0 Å². The number of aromatic nitrogens is 2. The molecule has 1 saturated heterocycles. The van der Waals surface area contributed by atoms with Crippen LogP contribution in [-0.2, 0) is 13.0 Å². The predicted octanol–water partition coefficient (Wildman–Crippen LogP) is 4.44. The number of amides is 1. The number of carbonyl (C=O) groups excluding carboxylic acids is 1. The minimum atomic E-state index is -0.986. The summed E-state index contributed by atoms with van der Waals surface area (Å²) in [7, 11) is 0. The molecule has 3 heterocycles. The number of carbonyl (C=O) groups is 1. The summed E-state index contributed by atoms with van der Waals surface area (Å²) in [6.45, 7) is 3.09. The molecule has 41 heavy (non-hydrogen) atoms. The van der Waals surface area contributed by atoms with Gasteiger partial charge in [-0.15, -0.1) is 0 Å². The molecule has 3 N–H and O–H groups in total. The van der Waals surface area contributed by atoms with Crippen LogP contribution in [0.3, 0.4) is 0 Å². The Morgan fingerprint density at radius 3 is 2.66 bits per heavy atom. The van der Waals surface area contributed by atoms with Crippen LogP contribution in [0.25, 0.3) is 11.3 Å². The molecule has 8 nitrogen and oxygen atoms in total. The molecule has 1 aliphatic carbocycles. The third-order valence-corrected chi connectivity index (χ3v) is 8.57. The molecule has 2 aromatic heterocycles. The number of benzene rings is 2. The maximum Gasteiger partial charge on any atom is 0.275 e. The summed E-state index contributed by atoms with van der Waals surface area (Å²) in [5, 5.41) is 18.9. The monoisotopic (exact) mass is 553 g/mol. The number of aliphatic hydroxyl groups is 1. The molecular weight excluding hydrogens is 514 g/mol. The normalized spacial score (nSPS) is 23.0. The van der Waals surface area contributed by atoms with Gasteiger partial charge in [-0.25, -0.2) is 4.98 Å². The second kappa shape index (κ2) is 12.4. The largest absolute Gasteiger partial charge is 0.468 e. The number of hydrogen-bond acceptors (Lipinski definition) is 6. The van der Waals surface area contributed by atoms with E-state index in [1.54, 1.807) is 12.6 Å². The Morgan fingerprint density at radius 2 is 1.88 bits per heavy atom. The first kappa shape index (κ1) is 27.4. The lowest BCUT2D eigenvalue weighted by Crippen LogP contribution is -2.54. The standard InChI is InChI=1S/C33H39N5O3/c39-32(37-18-17-34-21-27(37)20-25-10-3-1-4-11-25)30-31(26-12-5-2-6-13-26)38(24-36-30)29-15-7-8-16-33(29,40)23-35-22-28-14-9-19-41-28/h1-6,9-14,19,24,27,29,34-35,40H,7-8,15-18,20-23H2/t27-,29?,33?/m1/s1. The molecule has 2 unspecified atom stereocenters. The Bertz CT molecular complexity index is 1410. The fraction of sp³-hybridized carbons (Fsp3) is 0.394. The summed E-state index contributed by atoms with van der Waals surface area (Å²) in [5.74, 6) is 0.780. The molecule has 4 aromatic rings. The van der Waals surface area contributed by atoms with E-state index in [1.165, 1.54) is 5.56 Å². The van der Waals surface area contributed by atoms with Crippen molar-refractivity contribution in [1.82, 2.24) is 25.1 Å². The van der Waals surface area contributed by atoms with Crippen molar-refractivity contribution >= 4 is 5.91 Å². The van der Waals surface area contributed by atoms with Gasteiger partial charge in [-0.1, -0.05) is 73.5 Å². The number of imidazole rings is 1. The van der Waals surface area contributed by atoms with Gasteiger partial charge < -0.3 is 29.6 Å². The highest BCUT2D eigenvalue weighted by Crippen LogP contribution is 2.41. The summed E-state index contributed by atoms with van der Waals surface area (Å²) < 4.78 is 7.55. The third-order valence-electron chi connectivity index (χ3n) is 8.57. The van der Waals surface area contributed by atoms with Crippen molar-refractivity contribution in [1.29, 1.82) is 0 Å². The lowest BCUT2D eigenvalue weighted by molar-refractivity contribution is -0.0399. The topological polar surface area (TPSA) is 95.6 Å². The smallest absolute Gasteiger partial charge is 0.275 e. The fourth-order valence-corrected chi connectivity index (χ4v) is 6.49. The maximum absolute atomic E-state index is 14.3. The first-order valence-corrected chi connectivity index (χ1v) is 14.8. The molecule has 0 bridgehead atoms. The average molecular weight is 554 g/mol. The van der Waals surface area contributed by atoms with Crippen molar-refractivity contribution in [3.63, 3.8) is 0 Å². The van der Waals surface area contributed by atoms with Crippen molar-refractivity contribution in [2.24, 2.45) is 0 Å². The van der Waals surface area contributed by atoms with E-state index in [0.29, 0.717) is 31.7 Å². The van der Waals surface area contributed by atoms with Crippen LogP contribution in [0.1, 0.15) is 53.5 Å². The van der Waals surface area contributed by atoms with E-state index in [4.69, 9.17) is 9.40 Å². The molecule has 1 amide bonds. The van der Waals surface area contributed by atoms with E-state index in [2.05, 4.69) is 27.3 Å². The zero-order valence-electron chi connectivity index (χ0n) is 23.4. The SMILES string of the molecule is O=C(c1ncn(C2CCCCC2(O)CNCc2ccco2)c1-c1ccccc1)N1CCNC[C@H]1Cc1ccccc1. The van der Waals surface area contributed by atoms with Crippen LogP contribution in [0.4, 0.5) is 0 Å². The van der Waals surface area contributed by atoms with E-state index in [9.17, 15) is 9.90 Å². The van der Waals surface area contributed by atoms with Gasteiger partial charge in [-0.3, -0.25) is 4.79 Å². The van der Waals surface area contributed by atoms with Gasteiger partial charge >= 0.3 is 0 Å². The van der Waals surface area contributed by atoms with Crippen molar-refractivity contribution in [3.05, 3.63) is 102 Å². The fourth-order valence-electron chi connectivity index (χ4n) is 6.49. The first-order chi connectivity index (χ1) is 20.1. The number of hydrogen-bond donors (Lipinski definition) is 3. The van der Waals surface area contributed by atoms with Crippen LogP contribution in [-0.4, -0.2) is 63.3 Å². The lowest BCUT2D eigenvalue weighted by Gasteiger charge is -2.41. The van der Waals surface area contributed by atoms with Crippen LogP contribution >= 0.6 is 0 Å². The highest BCUT2D eigenvalue weighted by atomic mass is 16.3. The average Bonchev–Trinajstić information content (AvgIpc) is 3.69. The zero-order chi connectivity index (χ0) is 28.1. The highest BCUT2D eigenvalue weighted by molar-refractivity contribution is 5.98.